The summed E-state index contributed by atoms with van der Waals surface area (Å²) in [7, 11) is 0. The van der Waals surface area contributed by atoms with Crippen LogP contribution in [0.1, 0.15) is 27.6 Å². The second kappa shape index (κ2) is 7.56. The van der Waals surface area contributed by atoms with Gasteiger partial charge in [-0.3, -0.25) is 4.90 Å². The van der Waals surface area contributed by atoms with E-state index in [9.17, 15) is 14.7 Å². The number of carboxylic acid groups (broad SMARTS) is 2. The van der Waals surface area contributed by atoms with Crippen molar-refractivity contribution in [3.05, 3.63) is 59.7 Å². The summed E-state index contributed by atoms with van der Waals surface area (Å²) in [5.74, 6) is -2.46. The zero-order valence-electron chi connectivity index (χ0n) is 12.8. The molecule has 2 aromatic rings. The Hall–Kier alpha value is -2.93. The maximum absolute atomic E-state index is 11.6. The minimum Gasteiger partial charge on any atom is -0.478 e. The van der Waals surface area contributed by atoms with E-state index in [1.54, 1.807) is 31.2 Å². The van der Waals surface area contributed by atoms with Gasteiger partial charge in [-0.25, -0.2) is 9.59 Å². The van der Waals surface area contributed by atoms with Gasteiger partial charge in [0.2, 0.25) is 0 Å². The molecule has 6 nitrogen and oxygen atoms in total. The summed E-state index contributed by atoms with van der Waals surface area (Å²) in [6.45, 7) is 2.08. The van der Waals surface area contributed by atoms with Crippen molar-refractivity contribution >= 4 is 40.7 Å². The van der Waals surface area contributed by atoms with Crippen LogP contribution in [0.2, 0.25) is 0 Å². The van der Waals surface area contributed by atoms with Gasteiger partial charge in [-0.15, -0.1) is 0 Å². The Balaban J connectivity index is 2.63. The van der Waals surface area contributed by atoms with Gasteiger partial charge in [-0.05, 0) is 49.5 Å². The van der Waals surface area contributed by atoms with Crippen molar-refractivity contribution in [2.24, 2.45) is 0 Å². The number of carbonyl (C=O) groups is 2. The van der Waals surface area contributed by atoms with Gasteiger partial charge in [-0.2, -0.15) is 0 Å². The molecule has 0 radical (unpaired) electrons. The van der Waals surface area contributed by atoms with Crippen LogP contribution in [0.4, 0.5) is 11.4 Å². The third-order valence-corrected chi connectivity index (χ3v) is 3.48. The molecule has 0 fully saturated rings. The quantitative estimate of drug-likeness (QED) is 0.801. The first kappa shape index (κ1) is 17.4. The maximum Gasteiger partial charge on any atom is 0.337 e. The molecule has 2 aromatic carbocycles. The molecule has 0 aliphatic carbocycles. The average Bonchev–Trinajstić information content (AvgIpc) is 2.56. The molecule has 0 atom stereocenters. The zero-order valence-corrected chi connectivity index (χ0v) is 13.6. The van der Waals surface area contributed by atoms with E-state index < -0.39 is 11.9 Å². The summed E-state index contributed by atoms with van der Waals surface area (Å²) in [6.07, 6.45) is 0. The number of anilines is 2. The summed E-state index contributed by atoms with van der Waals surface area (Å²) in [5, 5.41) is 18.6. The Bertz CT molecular complexity index is 776. The maximum atomic E-state index is 11.6. The number of ether oxygens (including phenoxy) is 1. The molecule has 0 aromatic heterocycles. The van der Waals surface area contributed by atoms with E-state index in [1.807, 2.05) is 6.07 Å². The number of hydrogen-bond donors (Lipinski definition) is 2. The van der Waals surface area contributed by atoms with Crippen LogP contribution in [0.25, 0.3) is 0 Å². The normalized spacial score (nSPS) is 10.0. The lowest BCUT2D eigenvalue weighted by atomic mass is 10.1. The zero-order chi connectivity index (χ0) is 17.7. The molecule has 0 unspecified atom stereocenters. The van der Waals surface area contributed by atoms with Crippen LogP contribution >= 0.6 is 12.2 Å². The van der Waals surface area contributed by atoms with E-state index >= 15 is 0 Å². The van der Waals surface area contributed by atoms with E-state index in [0.717, 1.165) is 6.07 Å². The van der Waals surface area contributed by atoms with Gasteiger partial charge in [0.15, 0.2) is 0 Å². The molecule has 0 heterocycles. The van der Waals surface area contributed by atoms with Crippen molar-refractivity contribution in [1.82, 2.24) is 0 Å². The topological polar surface area (TPSA) is 87.1 Å². The second-order valence-corrected chi connectivity index (χ2v) is 5.06. The van der Waals surface area contributed by atoms with Crippen LogP contribution in [-0.4, -0.2) is 33.9 Å². The summed E-state index contributed by atoms with van der Waals surface area (Å²) in [6, 6.07) is 12.7. The van der Waals surface area contributed by atoms with Crippen molar-refractivity contribution in [3.8, 4) is 0 Å². The summed E-state index contributed by atoms with van der Waals surface area (Å²) in [4.78, 5) is 24.2. The molecule has 0 aliphatic rings. The van der Waals surface area contributed by atoms with Crippen LogP contribution in [0.3, 0.4) is 0 Å². The van der Waals surface area contributed by atoms with E-state index in [1.165, 1.54) is 17.0 Å². The van der Waals surface area contributed by atoms with Crippen LogP contribution in [0.15, 0.2) is 48.5 Å². The lowest BCUT2D eigenvalue weighted by molar-refractivity contribution is 0.0696. The SMILES string of the molecule is CCOC(=S)N(c1ccccc1)c1ccc(C(=O)O)cc1C(=O)O. The van der Waals surface area contributed by atoms with Crippen molar-refractivity contribution in [3.63, 3.8) is 0 Å². The van der Waals surface area contributed by atoms with Gasteiger partial charge >= 0.3 is 11.9 Å². The van der Waals surface area contributed by atoms with Gasteiger partial charge in [0, 0.05) is 5.69 Å². The molecular weight excluding hydrogens is 330 g/mol. The highest BCUT2D eigenvalue weighted by molar-refractivity contribution is 7.80. The number of thiocarbonyl (C=S) groups is 1. The number of para-hydroxylation sites is 1. The summed E-state index contributed by atoms with van der Waals surface area (Å²) >= 11 is 5.26. The highest BCUT2D eigenvalue weighted by atomic mass is 32.1. The van der Waals surface area contributed by atoms with E-state index in [2.05, 4.69) is 0 Å². The Kier molecular flexibility index (Phi) is 5.49. The Labute approximate surface area is 143 Å². The van der Waals surface area contributed by atoms with Gasteiger partial charge in [0.1, 0.15) is 0 Å². The summed E-state index contributed by atoms with van der Waals surface area (Å²) < 4.78 is 5.37. The number of benzene rings is 2. The minimum absolute atomic E-state index is 0.0780. The molecule has 0 saturated carbocycles. The first-order valence-electron chi connectivity index (χ1n) is 7.08. The molecule has 0 aliphatic heterocycles. The number of carboxylic acids is 2. The van der Waals surface area contributed by atoms with Crippen LogP contribution in [0.5, 0.6) is 0 Å². The first-order valence-corrected chi connectivity index (χ1v) is 7.49. The Morgan fingerprint density at radius 1 is 1.08 bits per heavy atom. The third-order valence-electron chi connectivity index (χ3n) is 3.18. The lowest BCUT2D eigenvalue weighted by Crippen LogP contribution is -2.28. The predicted molar refractivity (Wildman–Crippen MR) is 93.2 cm³/mol. The van der Waals surface area contributed by atoms with Crippen LogP contribution < -0.4 is 4.90 Å². The molecule has 0 amide bonds. The van der Waals surface area contributed by atoms with Crippen molar-refractivity contribution in [2.45, 2.75) is 6.92 Å². The van der Waals surface area contributed by atoms with Crippen molar-refractivity contribution < 1.29 is 24.5 Å². The molecule has 24 heavy (non-hydrogen) atoms. The minimum atomic E-state index is -1.26. The van der Waals surface area contributed by atoms with Crippen LogP contribution in [-0.2, 0) is 4.74 Å². The fraction of sp³-hybridized carbons (Fsp3) is 0.118. The predicted octanol–water partition coefficient (Wildman–Crippen LogP) is 3.54. The molecule has 0 spiro atoms. The standard InChI is InChI=1S/C17H15NO5S/c1-2-23-17(24)18(12-6-4-3-5-7-12)14-9-8-11(15(19)20)10-13(14)16(21)22/h3-10H,2H2,1H3,(H,19,20)(H,21,22). The van der Waals surface area contributed by atoms with Gasteiger partial charge in [0.05, 0.1) is 23.4 Å². The molecule has 7 heteroatoms. The molecular formula is C17H15NO5S. The number of hydrogen-bond acceptors (Lipinski definition) is 4. The fourth-order valence-corrected chi connectivity index (χ4v) is 2.46. The first-order chi connectivity index (χ1) is 11.5. The van der Waals surface area contributed by atoms with Crippen LogP contribution in [0, 0.1) is 0 Å². The molecule has 124 valence electrons. The van der Waals surface area contributed by atoms with Crippen molar-refractivity contribution in [2.75, 3.05) is 11.5 Å². The van der Waals surface area contributed by atoms with E-state index in [-0.39, 0.29) is 22.0 Å². The Morgan fingerprint density at radius 2 is 1.75 bits per heavy atom. The third kappa shape index (κ3) is 3.69. The highest BCUT2D eigenvalue weighted by Gasteiger charge is 2.23. The van der Waals surface area contributed by atoms with Gasteiger partial charge in [0.25, 0.3) is 5.17 Å². The Morgan fingerprint density at radius 3 is 2.29 bits per heavy atom. The van der Waals surface area contributed by atoms with Crippen molar-refractivity contribution in [1.29, 1.82) is 0 Å². The molecule has 0 bridgehead atoms. The molecule has 2 N–H and O–H groups in total. The number of nitrogens with zero attached hydrogens (tertiary/aromatic N) is 1. The lowest BCUT2D eigenvalue weighted by Gasteiger charge is -2.26. The largest absolute Gasteiger partial charge is 0.478 e. The second-order valence-electron chi connectivity index (χ2n) is 4.71. The van der Waals surface area contributed by atoms with E-state index in [0.29, 0.717) is 12.3 Å². The number of rotatable bonds is 5. The van der Waals surface area contributed by atoms with Gasteiger partial charge < -0.3 is 14.9 Å². The molecule has 2 rings (SSSR count). The summed E-state index contributed by atoms with van der Waals surface area (Å²) in [5.41, 5.74) is 0.547. The number of aromatic carboxylic acids is 2. The monoisotopic (exact) mass is 345 g/mol. The van der Waals surface area contributed by atoms with Gasteiger partial charge in [-0.1, -0.05) is 18.2 Å². The fourth-order valence-electron chi connectivity index (χ4n) is 2.14. The average molecular weight is 345 g/mol. The highest BCUT2D eigenvalue weighted by Crippen LogP contribution is 2.30. The molecule has 0 saturated heterocycles. The van der Waals surface area contributed by atoms with E-state index in [4.69, 9.17) is 22.1 Å². The smallest absolute Gasteiger partial charge is 0.337 e.